The van der Waals surface area contributed by atoms with Gasteiger partial charge in [0.25, 0.3) is 0 Å². The number of hydrogen-bond acceptors (Lipinski definition) is 5. The van der Waals surface area contributed by atoms with Crippen molar-refractivity contribution < 1.29 is 14.6 Å². The first-order chi connectivity index (χ1) is 11.8. The van der Waals surface area contributed by atoms with Crippen LogP contribution in [0.4, 0.5) is 0 Å². The van der Waals surface area contributed by atoms with E-state index < -0.39 is 0 Å². The number of nitrogens with one attached hydrogen (secondary N) is 1. The highest BCUT2D eigenvalue weighted by Crippen LogP contribution is 2.36. The van der Waals surface area contributed by atoms with Gasteiger partial charge in [0.2, 0.25) is 6.79 Å². The maximum atomic E-state index is 9.91. The fraction of sp³-hybridized carbons (Fsp3) is 0.579. The summed E-state index contributed by atoms with van der Waals surface area (Å²) in [6, 6.07) is 6.49. The molecule has 130 valence electrons. The Morgan fingerprint density at radius 1 is 1.21 bits per heavy atom. The van der Waals surface area contributed by atoms with Crippen LogP contribution < -0.4 is 14.8 Å². The Kier molecular flexibility index (Phi) is 4.74. The number of aliphatic hydroxyl groups is 1. The van der Waals surface area contributed by atoms with Crippen molar-refractivity contribution in [3.63, 3.8) is 0 Å². The van der Waals surface area contributed by atoms with Crippen molar-refractivity contribution >= 4 is 5.57 Å². The summed E-state index contributed by atoms with van der Waals surface area (Å²) in [5.74, 6) is 2.29. The van der Waals surface area contributed by atoms with Crippen molar-refractivity contribution in [3.05, 3.63) is 29.8 Å². The quantitative estimate of drug-likeness (QED) is 0.883. The number of ether oxygens (including phenoxy) is 2. The molecule has 1 atom stereocenters. The molecule has 0 aromatic heterocycles. The van der Waals surface area contributed by atoms with Gasteiger partial charge in [-0.05, 0) is 61.5 Å². The number of nitrogens with zero attached hydrogens (tertiary/aromatic N) is 1. The lowest BCUT2D eigenvalue weighted by atomic mass is 9.88. The van der Waals surface area contributed by atoms with Crippen molar-refractivity contribution in [2.75, 3.05) is 39.6 Å². The molecule has 3 aliphatic rings. The lowest BCUT2D eigenvalue weighted by Crippen LogP contribution is -2.48. The van der Waals surface area contributed by atoms with E-state index in [0.29, 0.717) is 18.8 Å². The number of hydrogen-bond donors (Lipinski definition) is 2. The maximum Gasteiger partial charge on any atom is 0.231 e. The van der Waals surface area contributed by atoms with Crippen LogP contribution in [0.1, 0.15) is 24.8 Å². The second kappa shape index (κ2) is 7.13. The van der Waals surface area contributed by atoms with Crippen LogP contribution in [-0.2, 0) is 0 Å². The molecule has 1 aromatic rings. The summed E-state index contributed by atoms with van der Waals surface area (Å²) in [6.45, 7) is 4.66. The molecular weight excluding hydrogens is 304 g/mol. The van der Waals surface area contributed by atoms with E-state index in [2.05, 4.69) is 28.4 Å². The molecule has 0 aliphatic carbocycles. The normalized spacial score (nSPS) is 23.1. The summed E-state index contributed by atoms with van der Waals surface area (Å²) in [6.07, 6.45) is 5.66. The van der Waals surface area contributed by atoms with Crippen LogP contribution in [0.2, 0.25) is 0 Å². The fourth-order valence-electron chi connectivity index (χ4n) is 4.14. The molecule has 0 amide bonds. The van der Waals surface area contributed by atoms with Crippen LogP contribution in [0.5, 0.6) is 11.5 Å². The molecule has 0 saturated carbocycles. The van der Waals surface area contributed by atoms with Crippen LogP contribution in [0.3, 0.4) is 0 Å². The number of piperidine rings is 1. The van der Waals surface area contributed by atoms with E-state index >= 15 is 0 Å². The molecule has 1 saturated heterocycles. The van der Waals surface area contributed by atoms with E-state index in [0.717, 1.165) is 44.1 Å². The van der Waals surface area contributed by atoms with E-state index in [4.69, 9.17) is 9.47 Å². The van der Waals surface area contributed by atoms with Crippen LogP contribution in [0.25, 0.3) is 5.57 Å². The number of aliphatic hydroxyl groups excluding tert-OH is 1. The second-order valence-corrected chi connectivity index (χ2v) is 6.88. The van der Waals surface area contributed by atoms with Crippen molar-refractivity contribution in [1.82, 2.24) is 10.2 Å². The van der Waals surface area contributed by atoms with Gasteiger partial charge in [0.05, 0.1) is 6.61 Å². The molecule has 1 aromatic carbocycles. The van der Waals surface area contributed by atoms with Gasteiger partial charge < -0.3 is 19.9 Å². The summed E-state index contributed by atoms with van der Waals surface area (Å²) in [5.41, 5.74) is 2.59. The molecule has 1 unspecified atom stereocenters. The Bertz CT molecular complexity index is 611. The highest BCUT2D eigenvalue weighted by Gasteiger charge is 2.29. The van der Waals surface area contributed by atoms with Gasteiger partial charge in [-0.15, -0.1) is 0 Å². The molecule has 0 radical (unpaired) electrons. The van der Waals surface area contributed by atoms with E-state index in [1.54, 1.807) is 0 Å². The molecular formula is C19H26N2O3. The van der Waals surface area contributed by atoms with E-state index in [1.165, 1.54) is 24.0 Å². The first-order valence-corrected chi connectivity index (χ1v) is 9.00. The second-order valence-electron chi connectivity index (χ2n) is 6.88. The van der Waals surface area contributed by atoms with Crippen LogP contribution in [-0.4, -0.2) is 55.6 Å². The van der Waals surface area contributed by atoms with Gasteiger partial charge in [-0.2, -0.15) is 0 Å². The minimum absolute atomic E-state index is 0.262. The third kappa shape index (κ3) is 3.16. The Labute approximate surface area is 143 Å². The Balaban J connectivity index is 1.44. The van der Waals surface area contributed by atoms with E-state index in [9.17, 15) is 5.11 Å². The lowest BCUT2D eigenvalue weighted by molar-refractivity contribution is 0.0749. The van der Waals surface area contributed by atoms with E-state index in [-0.39, 0.29) is 6.61 Å². The van der Waals surface area contributed by atoms with Gasteiger partial charge >= 0.3 is 0 Å². The van der Waals surface area contributed by atoms with Gasteiger partial charge in [-0.3, -0.25) is 4.90 Å². The molecule has 5 nitrogen and oxygen atoms in total. The number of rotatable bonds is 4. The fourth-order valence-corrected chi connectivity index (χ4v) is 4.14. The van der Waals surface area contributed by atoms with Crippen molar-refractivity contribution in [3.8, 4) is 11.5 Å². The first-order valence-electron chi connectivity index (χ1n) is 9.00. The minimum Gasteiger partial charge on any atom is -0.454 e. The minimum atomic E-state index is 0.262. The Hall–Kier alpha value is -1.56. The largest absolute Gasteiger partial charge is 0.454 e. The average Bonchev–Trinajstić information content (AvgIpc) is 3.12. The lowest BCUT2D eigenvalue weighted by Gasteiger charge is -2.39. The maximum absolute atomic E-state index is 9.91. The first kappa shape index (κ1) is 15.9. The standard InChI is InChI=1S/C19H26N2O3/c22-12-17(15-3-7-20-8-4-15)21-9-5-14(6-10-21)16-1-2-18-19(11-16)24-13-23-18/h1-2,5,11,15,17,20,22H,3-4,6-10,12-13H2. The zero-order chi connectivity index (χ0) is 16.4. The smallest absolute Gasteiger partial charge is 0.231 e. The van der Waals surface area contributed by atoms with Crippen LogP contribution in [0.15, 0.2) is 24.3 Å². The van der Waals surface area contributed by atoms with Gasteiger partial charge in [-0.25, -0.2) is 0 Å². The molecule has 0 bridgehead atoms. The van der Waals surface area contributed by atoms with E-state index in [1.807, 2.05) is 6.07 Å². The molecule has 0 spiro atoms. The molecule has 1 fully saturated rings. The number of fused-ring (bicyclic) bond motifs is 1. The van der Waals surface area contributed by atoms with Crippen molar-refractivity contribution in [1.29, 1.82) is 0 Å². The van der Waals surface area contributed by atoms with Crippen molar-refractivity contribution in [2.24, 2.45) is 5.92 Å². The molecule has 5 heteroatoms. The van der Waals surface area contributed by atoms with Gasteiger partial charge in [-0.1, -0.05) is 12.1 Å². The van der Waals surface area contributed by atoms with Crippen molar-refractivity contribution in [2.45, 2.75) is 25.3 Å². The zero-order valence-corrected chi connectivity index (χ0v) is 14.0. The average molecular weight is 330 g/mol. The molecule has 2 N–H and O–H groups in total. The molecule has 4 rings (SSSR count). The predicted molar refractivity (Wildman–Crippen MR) is 93.2 cm³/mol. The predicted octanol–water partition coefficient (Wildman–Crippen LogP) is 1.86. The Morgan fingerprint density at radius 3 is 2.79 bits per heavy atom. The molecule has 24 heavy (non-hydrogen) atoms. The summed E-state index contributed by atoms with van der Waals surface area (Å²) in [5, 5.41) is 13.3. The molecule has 3 aliphatic heterocycles. The summed E-state index contributed by atoms with van der Waals surface area (Å²) in [4.78, 5) is 2.45. The zero-order valence-electron chi connectivity index (χ0n) is 14.0. The topological polar surface area (TPSA) is 54.0 Å². The summed E-state index contributed by atoms with van der Waals surface area (Å²) >= 11 is 0. The SMILES string of the molecule is OCC(C1CCNCC1)N1CC=C(c2ccc3c(c2)OCO3)CC1. The monoisotopic (exact) mass is 330 g/mol. The highest BCUT2D eigenvalue weighted by atomic mass is 16.7. The van der Waals surface area contributed by atoms with Gasteiger partial charge in [0.15, 0.2) is 11.5 Å². The summed E-state index contributed by atoms with van der Waals surface area (Å²) in [7, 11) is 0. The summed E-state index contributed by atoms with van der Waals surface area (Å²) < 4.78 is 10.9. The van der Waals surface area contributed by atoms with Crippen LogP contribution in [0, 0.1) is 5.92 Å². The Morgan fingerprint density at radius 2 is 2.04 bits per heavy atom. The van der Waals surface area contributed by atoms with Gasteiger partial charge in [0, 0.05) is 19.1 Å². The number of benzene rings is 1. The third-order valence-electron chi connectivity index (χ3n) is 5.57. The molecule has 3 heterocycles. The highest BCUT2D eigenvalue weighted by molar-refractivity contribution is 5.69. The van der Waals surface area contributed by atoms with Gasteiger partial charge in [0.1, 0.15) is 0 Å². The van der Waals surface area contributed by atoms with Crippen LogP contribution >= 0.6 is 0 Å². The third-order valence-corrected chi connectivity index (χ3v) is 5.57.